The molecule has 2 N–H and O–H groups in total. The number of carbonyl (C=O) groups is 1. The first kappa shape index (κ1) is 18.4. The fourth-order valence-corrected chi connectivity index (χ4v) is 4.12. The van der Waals surface area contributed by atoms with E-state index in [1.165, 1.54) is 31.2 Å². The van der Waals surface area contributed by atoms with E-state index in [4.69, 9.17) is 4.74 Å². The summed E-state index contributed by atoms with van der Waals surface area (Å²) in [6.07, 6.45) is 9.16. The van der Waals surface area contributed by atoms with Crippen LogP contribution in [0.4, 0.5) is 0 Å². The molecular weight excluding hydrogens is 312 g/mol. The second kappa shape index (κ2) is 9.93. The third kappa shape index (κ3) is 5.82. The van der Waals surface area contributed by atoms with Crippen molar-refractivity contribution in [1.29, 1.82) is 0 Å². The van der Waals surface area contributed by atoms with E-state index in [2.05, 4.69) is 34.9 Å². The maximum Gasteiger partial charge on any atom is 0.237 e. The first-order chi connectivity index (χ1) is 12.3. The van der Waals surface area contributed by atoms with Crippen molar-refractivity contribution >= 4 is 5.91 Å². The van der Waals surface area contributed by atoms with Crippen molar-refractivity contribution in [2.24, 2.45) is 5.92 Å². The largest absolute Gasteiger partial charge is 0.381 e. The van der Waals surface area contributed by atoms with Crippen LogP contribution < -0.4 is 10.6 Å². The monoisotopic (exact) mass is 344 g/mol. The van der Waals surface area contributed by atoms with Crippen molar-refractivity contribution in [3.05, 3.63) is 35.9 Å². The van der Waals surface area contributed by atoms with Gasteiger partial charge in [-0.05, 0) is 50.0 Å². The smallest absolute Gasteiger partial charge is 0.237 e. The number of fused-ring (bicyclic) bond motifs is 1. The quantitative estimate of drug-likeness (QED) is 0.677. The van der Waals surface area contributed by atoms with Crippen LogP contribution >= 0.6 is 0 Å². The molecule has 3 atom stereocenters. The van der Waals surface area contributed by atoms with Crippen molar-refractivity contribution in [3.63, 3.8) is 0 Å². The van der Waals surface area contributed by atoms with Crippen molar-refractivity contribution in [1.82, 2.24) is 10.6 Å². The minimum atomic E-state index is 0.0372. The molecule has 0 spiro atoms. The van der Waals surface area contributed by atoms with Gasteiger partial charge in [-0.2, -0.15) is 0 Å². The normalized spacial score (nSPS) is 25.5. The molecule has 1 aromatic rings. The number of amides is 1. The van der Waals surface area contributed by atoms with Crippen molar-refractivity contribution in [3.8, 4) is 0 Å². The lowest BCUT2D eigenvalue weighted by molar-refractivity contribution is -0.122. The first-order valence-corrected chi connectivity index (χ1v) is 9.98. The molecule has 3 rings (SSSR count). The highest BCUT2D eigenvalue weighted by atomic mass is 16.5. The Labute approximate surface area is 151 Å². The summed E-state index contributed by atoms with van der Waals surface area (Å²) in [4.78, 5) is 12.3. The number of hydrogen-bond acceptors (Lipinski definition) is 3. The molecule has 0 bridgehead atoms. The lowest BCUT2D eigenvalue weighted by atomic mass is 9.85. The lowest BCUT2D eigenvalue weighted by Gasteiger charge is -2.24. The zero-order valence-electron chi connectivity index (χ0n) is 15.2. The Hall–Kier alpha value is -1.39. The van der Waals surface area contributed by atoms with Gasteiger partial charge in [-0.3, -0.25) is 4.79 Å². The van der Waals surface area contributed by atoms with Gasteiger partial charge in [-0.25, -0.2) is 0 Å². The average Bonchev–Trinajstić information content (AvgIpc) is 3.09. The standard InChI is InChI=1S/C21H32N2O2/c24-21(20-16-18-10-4-5-11-19(18)23-20)22-13-6-7-14-25-15-12-17-8-2-1-3-9-17/h1-3,8-9,18-20,23H,4-7,10-16H2,(H,22,24). The van der Waals surface area contributed by atoms with Gasteiger partial charge < -0.3 is 15.4 Å². The van der Waals surface area contributed by atoms with E-state index in [9.17, 15) is 4.79 Å². The average molecular weight is 344 g/mol. The number of hydrogen-bond donors (Lipinski definition) is 2. The Morgan fingerprint density at radius 1 is 1.12 bits per heavy atom. The number of carbonyl (C=O) groups excluding carboxylic acids is 1. The van der Waals surface area contributed by atoms with Gasteiger partial charge in [0.15, 0.2) is 0 Å². The minimum absolute atomic E-state index is 0.0372. The molecule has 25 heavy (non-hydrogen) atoms. The number of nitrogens with one attached hydrogen (secondary N) is 2. The molecule has 1 heterocycles. The second-order valence-electron chi connectivity index (χ2n) is 7.45. The molecule has 1 aromatic carbocycles. The summed E-state index contributed by atoms with van der Waals surface area (Å²) in [5.74, 6) is 0.918. The van der Waals surface area contributed by atoms with E-state index in [0.717, 1.165) is 51.4 Å². The van der Waals surface area contributed by atoms with Gasteiger partial charge in [0, 0.05) is 19.2 Å². The maximum absolute atomic E-state index is 12.3. The Balaban J connectivity index is 1.19. The number of ether oxygens (including phenoxy) is 1. The molecule has 0 aromatic heterocycles. The topological polar surface area (TPSA) is 50.4 Å². The summed E-state index contributed by atoms with van der Waals surface area (Å²) in [7, 11) is 0. The van der Waals surface area contributed by atoms with Crippen molar-refractivity contribution in [2.45, 2.75) is 63.5 Å². The minimum Gasteiger partial charge on any atom is -0.381 e. The van der Waals surface area contributed by atoms with Crippen LogP contribution in [0.1, 0.15) is 50.5 Å². The molecule has 1 aliphatic heterocycles. The van der Waals surface area contributed by atoms with E-state index >= 15 is 0 Å². The second-order valence-corrected chi connectivity index (χ2v) is 7.45. The van der Waals surface area contributed by atoms with Gasteiger partial charge in [-0.1, -0.05) is 43.2 Å². The number of rotatable bonds is 9. The van der Waals surface area contributed by atoms with E-state index in [-0.39, 0.29) is 11.9 Å². The van der Waals surface area contributed by atoms with Crippen LogP contribution in [0.5, 0.6) is 0 Å². The summed E-state index contributed by atoms with van der Waals surface area (Å²) in [5, 5.41) is 6.63. The van der Waals surface area contributed by atoms with E-state index in [1.807, 2.05) is 6.07 Å². The van der Waals surface area contributed by atoms with Gasteiger partial charge in [-0.15, -0.1) is 0 Å². The van der Waals surface area contributed by atoms with Crippen LogP contribution in [-0.2, 0) is 16.0 Å². The molecule has 3 unspecified atom stereocenters. The van der Waals surface area contributed by atoms with Crippen LogP contribution in [0.3, 0.4) is 0 Å². The molecule has 1 saturated carbocycles. The summed E-state index contributed by atoms with van der Waals surface area (Å²) < 4.78 is 5.68. The van der Waals surface area contributed by atoms with Crippen LogP contribution in [0.15, 0.2) is 30.3 Å². The van der Waals surface area contributed by atoms with Crippen LogP contribution in [0.25, 0.3) is 0 Å². The Morgan fingerprint density at radius 2 is 1.96 bits per heavy atom. The maximum atomic E-state index is 12.3. The number of unbranched alkanes of at least 4 members (excludes halogenated alkanes) is 1. The molecule has 138 valence electrons. The molecule has 1 saturated heterocycles. The molecule has 0 radical (unpaired) electrons. The summed E-state index contributed by atoms with van der Waals surface area (Å²) >= 11 is 0. The van der Waals surface area contributed by atoms with E-state index in [0.29, 0.717) is 6.04 Å². The van der Waals surface area contributed by atoms with Gasteiger partial charge in [0.25, 0.3) is 0 Å². The fourth-order valence-electron chi connectivity index (χ4n) is 4.12. The third-order valence-electron chi connectivity index (χ3n) is 5.57. The summed E-state index contributed by atoms with van der Waals surface area (Å²) in [6.45, 7) is 2.30. The molecule has 4 heteroatoms. The van der Waals surface area contributed by atoms with Gasteiger partial charge in [0.2, 0.25) is 5.91 Å². The van der Waals surface area contributed by atoms with Gasteiger partial charge >= 0.3 is 0 Å². The Morgan fingerprint density at radius 3 is 2.80 bits per heavy atom. The molecule has 4 nitrogen and oxygen atoms in total. The summed E-state index contributed by atoms with van der Waals surface area (Å²) in [6, 6.07) is 11.0. The molecule has 1 aliphatic carbocycles. The molecule has 1 amide bonds. The fraction of sp³-hybridized carbons (Fsp3) is 0.667. The van der Waals surface area contributed by atoms with Crippen molar-refractivity contribution < 1.29 is 9.53 Å². The van der Waals surface area contributed by atoms with Crippen LogP contribution in [0.2, 0.25) is 0 Å². The zero-order valence-corrected chi connectivity index (χ0v) is 15.2. The predicted molar refractivity (Wildman–Crippen MR) is 100 cm³/mol. The van der Waals surface area contributed by atoms with Crippen molar-refractivity contribution in [2.75, 3.05) is 19.8 Å². The highest BCUT2D eigenvalue weighted by Crippen LogP contribution is 2.33. The molecule has 2 fully saturated rings. The zero-order chi connectivity index (χ0) is 17.3. The summed E-state index contributed by atoms with van der Waals surface area (Å²) in [5.41, 5.74) is 1.32. The SMILES string of the molecule is O=C(NCCCCOCCc1ccccc1)C1CC2CCCCC2N1. The van der Waals surface area contributed by atoms with E-state index < -0.39 is 0 Å². The van der Waals surface area contributed by atoms with Crippen LogP contribution in [-0.4, -0.2) is 37.7 Å². The molecular formula is C21H32N2O2. The van der Waals surface area contributed by atoms with Crippen LogP contribution in [0, 0.1) is 5.92 Å². The first-order valence-electron chi connectivity index (χ1n) is 9.98. The van der Waals surface area contributed by atoms with E-state index in [1.54, 1.807) is 0 Å². The Kier molecular flexibility index (Phi) is 7.31. The lowest BCUT2D eigenvalue weighted by Crippen LogP contribution is -2.43. The predicted octanol–water partition coefficient (Wildman–Crippen LogP) is 3.06. The highest BCUT2D eigenvalue weighted by Gasteiger charge is 2.37. The third-order valence-corrected chi connectivity index (χ3v) is 5.57. The Bertz CT molecular complexity index is 506. The molecule has 2 aliphatic rings. The van der Waals surface area contributed by atoms with Gasteiger partial charge in [0.1, 0.15) is 0 Å². The number of benzene rings is 1. The highest BCUT2D eigenvalue weighted by molar-refractivity contribution is 5.82. The van der Waals surface area contributed by atoms with Gasteiger partial charge in [0.05, 0.1) is 12.6 Å².